The Balaban J connectivity index is 3.42. The molecule has 0 fully saturated rings. The Morgan fingerprint density at radius 1 is 1.25 bits per heavy atom. The van der Waals surface area contributed by atoms with Crippen LogP contribution in [0.5, 0.6) is 0 Å². The van der Waals surface area contributed by atoms with Crippen molar-refractivity contribution in [1.29, 1.82) is 0 Å². The van der Waals surface area contributed by atoms with Crippen molar-refractivity contribution in [1.82, 2.24) is 0 Å². The summed E-state index contributed by atoms with van der Waals surface area (Å²) in [7, 11) is 0. The van der Waals surface area contributed by atoms with Gasteiger partial charge in [-0.25, -0.2) is 13.2 Å². The van der Waals surface area contributed by atoms with Crippen LogP contribution in [0, 0.1) is 17.5 Å². The fourth-order valence-electron chi connectivity index (χ4n) is 0.952. The van der Waals surface area contributed by atoms with Crippen LogP contribution in [0.4, 0.5) is 13.2 Å². The van der Waals surface area contributed by atoms with Gasteiger partial charge < -0.3 is 0 Å². The summed E-state index contributed by atoms with van der Waals surface area (Å²) < 4.78 is 38.4. The second-order valence-electron chi connectivity index (χ2n) is 2.34. The van der Waals surface area contributed by atoms with Gasteiger partial charge in [0.05, 0.1) is 0 Å². The van der Waals surface area contributed by atoms with Gasteiger partial charge in [0, 0.05) is 10.5 Å². The van der Waals surface area contributed by atoms with Crippen molar-refractivity contribution in [3.63, 3.8) is 0 Å². The summed E-state index contributed by atoms with van der Waals surface area (Å²) in [6, 6.07) is 0.729. The highest BCUT2D eigenvalue weighted by Gasteiger charge is 2.14. The van der Waals surface area contributed by atoms with E-state index in [1.807, 2.05) is 0 Å². The summed E-state index contributed by atoms with van der Waals surface area (Å²) in [6.07, 6.45) is 0.114. The van der Waals surface area contributed by atoms with Crippen molar-refractivity contribution in [3.8, 4) is 0 Å². The molecule has 0 atom stereocenters. The second-order valence-corrected chi connectivity index (χ2v) is 2.82. The molecule has 1 aromatic rings. The van der Waals surface area contributed by atoms with E-state index in [9.17, 15) is 13.2 Å². The lowest BCUT2D eigenvalue weighted by atomic mass is 10.1. The Bertz CT molecular complexity index is 283. The molecule has 4 heteroatoms. The minimum absolute atomic E-state index is 0.114. The van der Waals surface area contributed by atoms with Crippen molar-refractivity contribution in [3.05, 3.63) is 29.1 Å². The highest BCUT2D eigenvalue weighted by atomic mass is 32.1. The van der Waals surface area contributed by atoms with E-state index in [2.05, 4.69) is 12.6 Å². The number of halogens is 3. The lowest BCUT2D eigenvalue weighted by molar-refractivity contribution is 0.471. The van der Waals surface area contributed by atoms with Gasteiger partial charge in [-0.2, -0.15) is 0 Å². The van der Waals surface area contributed by atoms with Gasteiger partial charge in [0.25, 0.3) is 0 Å². The largest absolute Gasteiger partial charge is 0.205 e. The SMILES string of the molecule is CCc1c(F)c(F)cc(S)c1F. The first kappa shape index (κ1) is 9.45. The van der Waals surface area contributed by atoms with Crippen molar-refractivity contribution in [2.75, 3.05) is 0 Å². The molecule has 0 aliphatic heterocycles. The quantitative estimate of drug-likeness (QED) is 0.513. The van der Waals surface area contributed by atoms with Gasteiger partial charge in [-0.1, -0.05) is 6.92 Å². The first-order valence-electron chi connectivity index (χ1n) is 3.43. The van der Waals surface area contributed by atoms with Crippen LogP contribution in [0.2, 0.25) is 0 Å². The Morgan fingerprint density at radius 2 is 1.83 bits per heavy atom. The zero-order valence-electron chi connectivity index (χ0n) is 6.37. The van der Waals surface area contributed by atoms with Crippen LogP contribution < -0.4 is 0 Å². The first-order chi connectivity index (χ1) is 5.57. The Hall–Kier alpha value is -0.640. The fraction of sp³-hybridized carbons (Fsp3) is 0.250. The summed E-state index contributed by atoms with van der Waals surface area (Å²) in [5, 5.41) is 0. The lowest BCUT2D eigenvalue weighted by Crippen LogP contribution is -1.98. The second kappa shape index (κ2) is 3.39. The standard InChI is InChI=1S/C8H7F3S/c1-2-4-7(10)5(9)3-6(12)8(4)11/h3,12H,2H2,1H3. The molecule has 0 amide bonds. The molecule has 0 saturated heterocycles. The third kappa shape index (κ3) is 1.43. The van der Waals surface area contributed by atoms with Gasteiger partial charge >= 0.3 is 0 Å². The van der Waals surface area contributed by atoms with Crippen LogP contribution in [-0.4, -0.2) is 0 Å². The maximum absolute atomic E-state index is 13.0. The molecule has 1 aromatic carbocycles. The fourth-order valence-corrected chi connectivity index (χ4v) is 1.20. The number of thiol groups is 1. The summed E-state index contributed by atoms with van der Waals surface area (Å²) in [4.78, 5) is -0.161. The van der Waals surface area contributed by atoms with E-state index in [1.165, 1.54) is 0 Å². The Morgan fingerprint density at radius 3 is 2.33 bits per heavy atom. The molecule has 66 valence electrons. The Labute approximate surface area is 73.8 Å². The maximum atomic E-state index is 13.0. The average molecular weight is 192 g/mol. The van der Waals surface area contributed by atoms with Gasteiger partial charge in [-0.15, -0.1) is 12.6 Å². The molecule has 0 radical (unpaired) electrons. The molecule has 0 spiro atoms. The number of hydrogen-bond donors (Lipinski definition) is 1. The number of benzene rings is 1. The van der Waals surface area contributed by atoms with Gasteiger partial charge in [-0.3, -0.25) is 0 Å². The molecule has 0 aromatic heterocycles. The molecule has 0 aliphatic carbocycles. The van der Waals surface area contributed by atoms with E-state index in [0.717, 1.165) is 6.07 Å². The molecule has 1 rings (SSSR count). The van der Waals surface area contributed by atoms with Crippen LogP contribution in [-0.2, 0) is 6.42 Å². The monoisotopic (exact) mass is 192 g/mol. The maximum Gasteiger partial charge on any atom is 0.164 e. The molecule has 12 heavy (non-hydrogen) atoms. The predicted molar refractivity (Wildman–Crippen MR) is 42.9 cm³/mol. The molecule has 0 nitrogen and oxygen atoms in total. The highest BCUT2D eigenvalue weighted by molar-refractivity contribution is 7.80. The third-order valence-electron chi connectivity index (χ3n) is 1.58. The van der Waals surface area contributed by atoms with Crippen molar-refractivity contribution < 1.29 is 13.2 Å². The van der Waals surface area contributed by atoms with Gasteiger partial charge in [0.2, 0.25) is 0 Å². The summed E-state index contributed by atoms with van der Waals surface area (Å²) in [5.41, 5.74) is -0.250. The van der Waals surface area contributed by atoms with E-state index in [0.29, 0.717) is 0 Å². The lowest BCUT2D eigenvalue weighted by Gasteiger charge is -2.04. The third-order valence-corrected chi connectivity index (χ3v) is 1.91. The van der Waals surface area contributed by atoms with Crippen LogP contribution in [0.25, 0.3) is 0 Å². The minimum atomic E-state index is -1.12. The summed E-state index contributed by atoms with van der Waals surface area (Å²) in [5.74, 6) is -2.95. The molecule has 0 bridgehead atoms. The van der Waals surface area contributed by atoms with E-state index in [-0.39, 0.29) is 16.9 Å². The number of hydrogen-bond acceptors (Lipinski definition) is 1. The van der Waals surface area contributed by atoms with E-state index < -0.39 is 17.5 Å². The van der Waals surface area contributed by atoms with Crippen LogP contribution in [0.1, 0.15) is 12.5 Å². The van der Waals surface area contributed by atoms with Crippen LogP contribution >= 0.6 is 12.6 Å². The summed E-state index contributed by atoms with van der Waals surface area (Å²) >= 11 is 3.66. The first-order valence-corrected chi connectivity index (χ1v) is 3.88. The van der Waals surface area contributed by atoms with Gasteiger partial charge in [0.15, 0.2) is 11.6 Å². The summed E-state index contributed by atoms with van der Waals surface area (Å²) in [6.45, 7) is 1.55. The molecule has 0 aliphatic rings. The molecule has 0 N–H and O–H groups in total. The van der Waals surface area contributed by atoms with E-state index in [1.54, 1.807) is 6.92 Å². The van der Waals surface area contributed by atoms with Crippen molar-refractivity contribution in [2.45, 2.75) is 18.2 Å². The minimum Gasteiger partial charge on any atom is -0.205 e. The van der Waals surface area contributed by atoms with Crippen LogP contribution in [0.3, 0.4) is 0 Å². The van der Waals surface area contributed by atoms with Crippen molar-refractivity contribution >= 4 is 12.6 Å². The van der Waals surface area contributed by atoms with Gasteiger partial charge in [0.1, 0.15) is 5.82 Å². The predicted octanol–water partition coefficient (Wildman–Crippen LogP) is 2.96. The zero-order valence-corrected chi connectivity index (χ0v) is 7.26. The molecular formula is C8H7F3S. The van der Waals surface area contributed by atoms with Crippen LogP contribution in [0.15, 0.2) is 11.0 Å². The Kier molecular flexibility index (Phi) is 2.67. The van der Waals surface area contributed by atoms with E-state index >= 15 is 0 Å². The molecule has 0 unspecified atom stereocenters. The van der Waals surface area contributed by atoms with Crippen molar-refractivity contribution in [2.24, 2.45) is 0 Å². The average Bonchev–Trinajstić information content (AvgIpc) is 2.02. The smallest absolute Gasteiger partial charge is 0.164 e. The van der Waals surface area contributed by atoms with E-state index in [4.69, 9.17) is 0 Å². The normalized spacial score (nSPS) is 10.4. The molecular weight excluding hydrogens is 185 g/mol. The topological polar surface area (TPSA) is 0 Å². The highest BCUT2D eigenvalue weighted by Crippen LogP contribution is 2.22. The van der Waals surface area contributed by atoms with Gasteiger partial charge in [-0.05, 0) is 12.5 Å². The molecule has 0 saturated carbocycles. The zero-order chi connectivity index (χ0) is 9.30. The number of rotatable bonds is 1. The molecule has 0 heterocycles.